The van der Waals surface area contributed by atoms with Gasteiger partial charge in [-0.1, -0.05) is 52.1 Å². The second-order valence-electron chi connectivity index (χ2n) is 4.64. The minimum Gasteiger partial charge on any atom is -0.455 e. The molecule has 0 heterocycles. The number of nitrogens with one attached hydrogen (secondary N) is 1. The summed E-state index contributed by atoms with van der Waals surface area (Å²) in [6, 6.07) is 11.3. The van der Waals surface area contributed by atoms with Crippen molar-refractivity contribution in [2.24, 2.45) is 0 Å². The highest BCUT2D eigenvalue weighted by molar-refractivity contribution is 9.10. The summed E-state index contributed by atoms with van der Waals surface area (Å²) in [5.74, 6) is 1.30. The third kappa shape index (κ3) is 4.36. The van der Waals surface area contributed by atoms with E-state index in [-0.39, 0.29) is 6.04 Å². The van der Waals surface area contributed by atoms with Gasteiger partial charge in [-0.25, -0.2) is 0 Å². The van der Waals surface area contributed by atoms with Crippen molar-refractivity contribution in [1.82, 2.24) is 5.32 Å². The maximum absolute atomic E-state index is 6.17. The van der Waals surface area contributed by atoms with Gasteiger partial charge in [-0.3, -0.25) is 0 Å². The van der Waals surface area contributed by atoms with Crippen molar-refractivity contribution in [2.45, 2.75) is 19.9 Å². The number of benzene rings is 2. The molecule has 0 aromatic heterocycles. The third-order valence-electron chi connectivity index (χ3n) is 3.07. The summed E-state index contributed by atoms with van der Waals surface area (Å²) < 4.78 is 6.93. The van der Waals surface area contributed by atoms with E-state index in [1.807, 2.05) is 18.2 Å². The second kappa shape index (κ2) is 7.50. The van der Waals surface area contributed by atoms with Crippen molar-refractivity contribution in [1.29, 1.82) is 0 Å². The van der Waals surface area contributed by atoms with Crippen molar-refractivity contribution < 1.29 is 4.74 Å². The molecule has 2 aromatic rings. The third-order valence-corrected chi connectivity index (χ3v) is 4.11. The van der Waals surface area contributed by atoms with Crippen LogP contribution in [-0.2, 0) is 0 Å². The Labute approximate surface area is 143 Å². The van der Waals surface area contributed by atoms with Crippen LogP contribution in [0.4, 0.5) is 0 Å². The molecule has 1 N–H and O–H groups in total. The second-order valence-corrected chi connectivity index (χ2v) is 6.40. The van der Waals surface area contributed by atoms with Crippen LogP contribution in [-0.4, -0.2) is 6.54 Å². The minimum atomic E-state index is 0.177. The Kier molecular flexibility index (Phi) is 5.94. The van der Waals surface area contributed by atoms with Gasteiger partial charge in [-0.2, -0.15) is 0 Å². The molecule has 0 saturated carbocycles. The highest BCUT2D eigenvalue weighted by Gasteiger charge is 2.13. The summed E-state index contributed by atoms with van der Waals surface area (Å²) in [5, 5.41) is 4.50. The normalized spacial score (nSPS) is 12.2. The zero-order valence-corrected chi connectivity index (χ0v) is 14.9. The fraction of sp³-hybridized carbons (Fsp3) is 0.250. The van der Waals surface area contributed by atoms with Gasteiger partial charge >= 0.3 is 0 Å². The Hall–Kier alpha value is -0.740. The van der Waals surface area contributed by atoms with Gasteiger partial charge in [0.1, 0.15) is 11.5 Å². The summed E-state index contributed by atoms with van der Waals surface area (Å²) in [5.41, 5.74) is 1.07. The molecular formula is C16H16BrCl2NO. The Morgan fingerprint density at radius 2 is 1.90 bits per heavy atom. The molecule has 2 nitrogen and oxygen atoms in total. The van der Waals surface area contributed by atoms with Crippen molar-refractivity contribution in [3.05, 3.63) is 56.5 Å². The molecule has 0 aliphatic rings. The molecule has 5 heteroatoms. The average molecular weight is 389 g/mol. The Balaban J connectivity index is 2.38. The van der Waals surface area contributed by atoms with E-state index in [1.165, 1.54) is 0 Å². The number of hydrogen-bond acceptors (Lipinski definition) is 2. The molecule has 0 bridgehead atoms. The highest BCUT2D eigenvalue weighted by atomic mass is 79.9. The highest BCUT2D eigenvalue weighted by Crippen LogP contribution is 2.36. The molecule has 0 fully saturated rings. The lowest BCUT2D eigenvalue weighted by Gasteiger charge is -2.18. The van der Waals surface area contributed by atoms with Gasteiger partial charge in [0.15, 0.2) is 0 Å². The van der Waals surface area contributed by atoms with Gasteiger partial charge in [0, 0.05) is 27.2 Å². The summed E-state index contributed by atoms with van der Waals surface area (Å²) >= 11 is 15.6. The van der Waals surface area contributed by atoms with E-state index in [1.54, 1.807) is 18.2 Å². The predicted octanol–water partition coefficient (Wildman–Crippen LogP) is 6.22. The molecule has 112 valence electrons. The first-order chi connectivity index (χ1) is 10.0. The quantitative estimate of drug-likeness (QED) is 0.656. The fourth-order valence-electron chi connectivity index (χ4n) is 2.04. The van der Waals surface area contributed by atoms with E-state index in [0.717, 1.165) is 22.3 Å². The van der Waals surface area contributed by atoms with Crippen LogP contribution in [0.2, 0.25) is 10.0 Å². The minimum absolute atomic E-state index is 0.177. The molecular weight excluding hydrogens is 373 g/mol. The maximum atomic E-state index is 6.17. The van der Waals surface area contributed by atoms with Gasteiger partial charge in [0.05, 0.1) is 5.02 Å². The van der Waals surface area contributed by atoms with Crippen LogP contribution in [0.3, 0.4) is 0 Å². The van der Waals surface area contributed by atoms with E-state index < -0.39 is 0 Å². The summed E-state index contributed by atoms with van der Waals surface area (Å²) in [6.45, 7) is 5.05. The van der Waals surface area contributed by atoms with Crippen molar-refractivity contribution >= 4 is 39.1 Å². The zero-order chi connectivity index (χ0) is 15.4. The molecule has 1 atom stereocenters. The molecule has 0 amide bonds. The predicted molar refractivity (Wildman–Crippen MR) is 92.8 cm³/mol. The standard InChI is InChI=1S/C16H16BrCl2NO/c1-3-20-10(2)13-6-4-11(17)8-15(13)21-16-9-12(18)5-7-14(16)19/h4-10,20H,3H2,1-2H3. The van der Waals surface area contributed by atoms with Crippen molar-refractivity contribution in [2.75, 3.05) is 6.54 Å². The molecule has 0 aliphatic heterocycles. The first-order valence-electron chi connectivity index (χ1n) is 6.67. The SMILES string of the molecule is CCNC(C)c1ccc(Br)cc1Oc1cc(Cl)ccc1Cl. The van der Waals surface area contributed by atoms with Crippen LogP contribution < -0.4 is 10.1 Å². The number of ether oxygens (including phenoxy) is 1. The summed E-state index contributed by atoms with van der Waals surface area (Å²) in [7, 11) is 0. The van der Waals surface area contributed by atoms with E-state index >= 15 is 0 Å². The van der Waals surface area contributed by atoms with E-state index in [9.17, 15) is 0 Å². The van der Waals surface area contributed by atoms with E-state index in [4.69, 9.17) is 27.9 Å². The Bertz CT molecular complexity index is 634. The number of rotatable bonds is 5. The van der Waals surface area contributed by atoms with Gasteiger partial charge in [0.2, 0.25) is 0 Å². The lowest BCUT2D eigenvalue weighted by atomic mass is 10.1. The van der Waals surface area contributed by atoms with Gasteiger partial charge in [0.25, 0.3) is 0 Å². The maximum Gasteiger partial charge on any atom is 0.147 e. The molecule has 0 saturated heterocycles. The molecule has 21 heavy (non-hydrogen) atoms. The van der Waals surface area contributed by atoms with Crippen LogP contribution in [0.5, 0.6) is 11.5 Å². The van der Waals surface area contributed by atoms with Crippen molar-refractivity contribution in [3.8, 4) is 11.5 Å². The molecule has 1 unspecified atom stereocenters. The van der Waals surface area contributed by atoms with Gasteiger partial charge in [-0.15, -0.1) is 0 Å². The van der Waals surface area contributed by atoms with Crippen LogP contribution in [0.1, 0.15) is 25.5 Å². The summed E-state index contributed by atoms with van der Waals surface area (Å²) in [6.07, 6.45) is 0. The van der Waals surface area contributed by atoms with Crippen LogP contribution in [0.15, 0.2) is 40.9 Å². The molecule has 0 aliphatic carbocycles. The lowest BCUT2D eigenvalue weighted by Crippen LogP contribution is -2.18. The Morgan fingerprint density at radius 3 is 2.62 bits per heavy atom. The summed E-state index contributed by atoms with van der Waals surface area (Å²) in [4.78, 5) is 0. The largest absolute Gasteiger partial charge is 0.455 e. The molecule has 2 aromatic carbocycles. The van der Waals surface area contributed by atoms with Crippen LogP contribution in [0, 0.1) is 0 Å². The topological polar surface area (TPSA) is 21.3 Å². The first-order valence-corrected chi connectivity index (χ1v) is 8.22. The molecule has 2 rings (SSSR count). The van der Waals surface area contributed by atoms with E-state index in [0.29, 0.717) is 15.8 Å². The number of hydrogen-bond donors (Lipinski definition) is 1. The van der Waals surface area contributed by atoms with E-state index in [2.05, 4.69) is 35.1 Å². The Morgan fingerprint density at radius 1 is 1.14 bits per heavy atom. The van der Waals surface area contributed by atoms with Gasteiger partial charge < -0.3 is 10.1 Å². The lowest BCUT2D eigenvalue weighted by molar-refractivity contribution is 0.463. The fourth-order valence-corrected chi connectivity index (χ4v) is 2.70. The molecule has 0 spiro atoms. The van der Waals surface area contributed by atoms with Gasteiger partial charge in [-0.05, 0) is 37.7 Å². The number of halogens is 3. The van der Waals surface area contributed by atoms with Crippen LogP contribution >= 0.6 is 39.1 Å². The van der Waals surface area contributed by atoms with Crippen LogP contribution in [0.25, 0.3) is 0 Å². The zero-order valence-electron chi connectivity index (χ0n) is 11.8. The van der Waals surface area contributed by atoms with Crippen molar-refractivity contribution in [3.63, 3.8) is 0 Å². The molecule has 0 radical (unpaired) electrons. The average Bonchev–Trinajstić information content (AvgIpc) is 2.43. The smallest absolute Gasteiger partial charge is 0.147 e. The first kappa shape index (κ1) is 16.6. The monoisotopic (exact) mass is 387 g/mol.